The maximum Gasteiger partial charge on any atom is 0.271 e. The fraction of sp³-hybridized carbons (Fsp3) is 0.345. The van der Waals surface area contributed by atoms with Crippen molar-refractivity contribution in [2.45, 2.75) is 44.8 Å². The molecule has 3 aromatic rings. The summed E-state index contributed by atoms with van der Waals surface area (Å²) in [6.07, 6.45) is 0.779. The van der Waals surface area contributed by atoms with Gasteiger partial charge in [-0.25, -0.2) is 17.8 Å². The van der Waals surface area contributed by atoms with E-state index in [1.165, 1.54) is 50.4 Å². The third-order valence-electron chi connectivity index (χ3n) is 6.32. The Morgan fingerprint density at radius 3 is 2.38 bits per heavy atom. The number of nitrogens with two attached hydrogens (primary N) is 1. The van der Waals surface area contributed by atoms with Gasteiger partial charge >= 0.3 is 0 Å². The summed E-state index contributed by atoms with van der Waals surface area (Å²) >= 11 is 5.98. The number of ether oxygens (including phenoxy) is 2. The number of halogens is 2. The molecule has 13 heteroatoms. The van der Waals surface area contributed by atoms with E-state index in [1.54, 1.807) is 30.7 Å². The van der Waals surface area contributed by atoms with Gasteiger partial charge in [0.25, 0.3) is 5.91 Å². The zero-order valence-electron chi connectivity index (χ0n) is 23.8. The maximum atomic E-state index is 13.8. The van der Waals surface area contributed by atoms with E-state index in [1.807, 2.05) is 0 Å². The van der Waals surface area contributed by atoms with Crippen molar-refractivity contribution in [1.82, 2.24) is 9.71 Å². The molecule has 42 heavy (non-hydrogen) atoms. The number of aromatic nitrogens is 1. The number of hydrogen-bond donors (Lipinski definition) is 3. The van der Waals surface area contributed by atoms with Crippen LogP contribution in [-0.4, -0.2) is 50.2 Å². The monoisotopic (exact) mass is 621 g/mol. The molecule has 0 aliphatic carbocycles. The van der Waals surface area contributed by atoms with Crippen LogP contribution in [0.4, 0.5) is 4.39 Å². The number of hydrogen-bond acceptors (Lipinski definition) is 9. The van der Waals surface area contributed by atoms with Gasteiger partial charge in [0, 0.05) is 23.1 Å². The van der Waals surface area contributed by atoms with Crippen LogP contribution in [-0.2, 0) is 26.0 Å². The highest BCUT2D eigenvalue weighted by Crippen LogP contribution is 2.34. The molecule has 1 unspecified atom stereocenters. The van der Waals surface area contributed by atoms with Gasteiger partial charge < -0.3 is 20.3 Å². The Kier molecular flexibility index (Phi) is 9.99. The third kappa shape index (κ3) is 8.71. The second kappa shape index (κ2) is 12.7. The molecule has 0 aliphatic heterocycles. The molecule has 0 bridgehead atoms. The average Bonchev–Trinajstić information content (AvgIpc) is 2.90. The predicted molar refractivity (Wildman–Crippen MR) is 156 cm³/mol. The molecule has 0 spiro atoms. The quantitative estimate of drug-likeness (QED) is 0.254. The number of ketones is 1. The number of carbonyl (C=O) groups excluding carboxylic acids is 2. The van der Waals surface area contributed by atoms with Gasteiger partial charge in [0.15, 0.2) is 23.9 Å². The number of aliphatic hydroxyl groups is 1. The first-order valence-electron chi connectivity index (χ1n) is 12.7. The van der Waals surface area contributed by atoms with Crippen LogP contribution in [0.3, 0.4) is 0 Å². The number of carbonyl (C=O) groups is 2. The number of amides is 1. The van der Waals surface area contributed by atoms with Crippen LogP contribution in [0.15, 0.2) is 48.5 Å². The minimum absolute atomic E-state index is 0.00311. The van der Waals surface area contributed by atoms with Gasteiger partial charge in [0.05, 0.1) is 29.8 Å². The molecule has 0 fully saturated rings. The van der Waals surface area contributed by atoms with Crippen molar-refractivity contribution >= 4 is 33.3 Å². The highest BCUT2D eigenvalue weighted by Gasteiger charge is 2.29. The number of rotatable bonds is 12. The summed E-state index contributed by atoms with van der Waals surface area (Å²) in [5.74, 6) is -1.47. The SMILES string of the molecule is COc1cc(C(=O)CCC(C)(O)c2cc(C(C)(C)N)cc(-c3ccc(F)c(Cl)c3)n2)ccc1OCC(=O)NS(C)(=O)=O. The summed E-state index contributed by atoms with van der Waals surface area (Å²) in [5, 5.41) is 11.3. The molecular formula is C29H33ClFN3O7S. The molecule has 4 N–H and O–H groups in total. The van der Waals surface area contributed by atoms with Crippen LogP contribution in [0, 0.1) is 5.82 Å². The normalized spacial score (nSPS) is 13.3. The molecule has 3 rings (SSSR count). The molecule has 10 nitrogen and oxygen atoms in total. The van der Waals surface area contributed by atoms with E-state index in [0.717, 1.165) is 6.26 Å². The summed E-state index contributed by atoms with van der Waals surface area (Å²) in [7, 11) is -2.39. The summed E-state index contributed by atoms with van der Waals surface area (Å²) in [6, 6.07) is 11.9. The number of Topliss-reactive ketones (excluding diaryl/α,β-unsaturated/α-hetero) is 1. The zero-order chi connectivity index (χ0) is 31.5. The first kappa shape index (κ1) is 32.9. The van der Waals surface area contributed by atoms with Crippen LogP contribution >= 0.6 is 11.6 Å². The standard InChI is InChI=1S/C29H33ClFN3O7S/c1-28(2,32)19-14-22(17-6-8-21(31)20(30)12-17)33-26(15-19)29(3,37)11-10-23(35)18-7-9-24(25(13-18)40-4)41-16-27(36)34-42(5,38)39/h6-9,12-15,37H,10-11,16,32H2,1-5H3,(H,34,36). The lowest BCUT2D eigenvalue weighted by Gasteiger charge is -2.27. The minimum Gasteiger partial charge on any atom is -0.493 e. The second-order valence-electron chi connectivity index (χ2n) is 10.6. The van der Waals surface area contributed by atoms with E-state index in [4.69, 9.17) is 26.8 Å². The van der Waals surface area contributed by atoms with Gasteiger partial charge in [0.1, 0.15) is 11.4 Å². The average molecular weight is 622 g/mol. The number of nitrogens with zero attached hydrogens (tertiary/aromatic N) is 1. The van der Waals surface area contributed by atoms with Crippen molar-refractivity contribution in [3.05, 3.63) is 76.2 Å². The Morgan fingerprint density at radius 2 is 1.79 bits per heavy atom. The third-order valence-corrected chi connectivity index (χ3v) is 7.21. The molecule has 1 atom stereocenters. The summed E-state index contributed by atoms with van der Waals surface area (Å²) in [5.41, 5.74) is 6.18. The van der Waals surface area contributed by atoms with E-state index >= 15 is 0 Å². The van der Waals surface area contributed by atoms with Crippen molar-refractivity contribution in [2.24, 2.45) is 5.73 Å². The Balaban J connectivity index is 1.80. The molecule has 0 radical (unpaired) electrons. The Morgan fingerprint density at radius 1 is 1.10 bits per heavy atom. The molecule has 2 aromatic carbocycles. The molecule has 0 aliphatic rings. The number of methoxy groups -OCH3 is 1. The number of benzene rings is 2. The van der Waals surface area contributed by atoms with Crippen molar-refractivity contribution in [2.75, 3.05) is 20.0 Å². The van der Waals surface area contributed by atoms with Crippen LogP contribution in [0.5, 0.6) is 11.5 Å². The van der Waals surface area contributed by atoms with Gasteiger partial charge in [-0.3, -0.25) is 14.3 Å². The van der Waals surface area contributed by atoms with Crippen molar-refractivity contribution in [1.29, 1.82) is 0 Å². The van der Waals surface area contributed by atoms with Gasteiger partial charge in [-0.2, -0.15) is 0 Å². The van der Waals surface area contributed by atoms with Crippen LogP contribution in [0.2, 0.25) is 5.02 Å². The van der Waals surface area contributed by atoms with Gasteiger partial charge in [0.2, 0.25) is 10.0 Å². The fourth-order valence-corrected chi connectivity index (χ4v) is 4.60. The number of nitrogens with one attached hydrogen (secondary N) is 1. The van der Waals surface area contributed by atoms with Gasteiger partial charge in [-0.15, -0.1) is 0 Å². The number of pyridine rings is 1. The highest BCUT2D eigenvalue weighted by atomic mass is 35.5. The van der Waals surface area contributed by atoms with Crippen molar-refractivity contribution in [3.8, 4) is 22.8 Å². The lowest BCUT2D eigenvalue weighted by molar-refractivity contribution is -0.121. The van der Waals surface area contributed by atoms with Crippen LogP contribution in [0.1, 0.15) is 55.2 Å². The van der Waals surface area contributed by atoms with Crippen molar-refractivity contribution in [3.63, 3.8) is 0 Å². The van der Waals surface area contributed by atoms with E-state index in [-0.39, 0.29) is 46.4 Å². The van der Waals surface area contributed by atoms with Gasteiger partial charge in [-0.1, -0.05) is 11.6 Å². The lowest BCUT2D eigenvalue weighted by Crippen LogP contribution is -2.33. The summed E-state index contributed by atoms with van der Waals surface area (Å²) < 4.78 is 48.5. The smallest absolute Gasteiger partial charge is 0.271 e. The molecule has 226 valence electrons. The minimum atomic E-state index is -3.74. The van der Waals surface area contributed by atoms with Crippen LogP contribution in [0.25, 0.3) is 11.3 Å². The Hall–Kier alpha value is -3.58. The highest BCUT2D eigenvalue weighted by molar-refractivity contribution is 7.89. The predicted octanol–water partition coefficient (Wildman–Crippen LogP) is 4.07. The lowest BCUT2D eigenvalue weighted by atomic mass is 9.88. The fourth-order valence-electron chi connectivity index (χ4n) is 3.95. The molecule has 1 heterocycles. The van der Waals surface area contributed by atoms with E-state index in [9.17, 15) is 27.5 Å². The van der Waals surface area contributed by atoms with Crippen LogP contribution < -0.4 is 19.9 Å². The maximum absolute atomic E-state index is 13.8. The Labute approximate surface area is 249 Å². The summed E-state index contributed by atoms with van der Waals surface area (Å²) in [6.45, 7) is 4.54. The van der Waals surface area contributed by atoms with Gasteiger partial charge in [-0.05, 0) is 81.3 Å². The molecule has 1 amide bonds. The molecular weight excluding hydrogens is 589 g/mol. The molecule has 0 saturated carbocycles. The van der Waals surface area contributed by atoms with Crippen molar-refractivity contribution < 1.29 is 37.0 Å². The molecule has 0 saturated heterocycles. The largest absolute Gasteiger partial charge is 0.493 e. The van der Waals surface area contributed by atoms with E-state index in [2.05, 4.69) is 4.98 Å². The topological polar surface area (TPSA) is 158 Å². The zero-order valence-corrected chi connectivity index (χ0v) is 25.4. The first-order valence-corrected chi connectivity index (χ1v) is 15.0. The number of sulfonamides is 1. The second-order valence-corrected chi connectivity index (χ2v) is 12.8. The molecule has 1 aromatic heterocycles. The van der Waals surface area contributed by atoms with E-state index in [0.29, 0.717) is 16.8 Å². The Bertz CT molecular complexity index is 1610. The first-order chi connectivity index (χ1) is 19.4. The summed E-state index contributed by atoms with van der Waals surface area (Å²) in [4.78, 5) is 29.4. The van der Waals surface area contributed by atoms with E-state index < -0.39 is 39.5 Å².